The minimum Gasteiger partial charge on any atom is -0.390 e. The van der Waals surface area contributed by atoms with Gasteiger partial charge < -0.3 is 9.74 Å². The normalized spacial score (nSPS) is 17.9. The molecule has 0 aromatic heterocycles. The van der Waals surface area contributed by atoms with E-state index in [2.05, 4.69) is 5.16 Å². The van der Waals surface area contributed by atoms with Crippen LogP contribution in [0.5, 0.6) is 0 Å². The number of hydrogen-bond acceptors (Lipinski definition) is 3. The Kier molecular flexibility index (Phi) is 4.84. The minimum atomic E-state index is -0.271. The summed E-state index contributed by atoms with van der Waals surface area (Å²) in [4.78, 5) is 19.2. The van der Waals surface area contributed by atoms with Gasteiger partial charge >= 0.3 is 0 Å². The second-order valence-electron chi connectivity index (χ2n) is 6.99. The Morgan fingerprint density at radius 2 is 2.00 bits per heavy atom. The van der Waals surface area contributed by atoms with Crippen molar-refractivity contribution in [2.75, 3.05) is 13.6 Å². The first kappa shape index (κ1) is 16.5. The van der Waals surface area contributed by atoms with E-state index >= 15 is 0 Å². The van der Waals surface area contributed by atoms with Gasteiger partial charge in [-0.05, 0) is 23.1 Å². The predicted octanol–water partition coefficient (Wildman–Crippen LogP) is 3.21. The van der Waals surface area contributed by atoms with Crippen molar-refractivity contribution in [2.24, 2.45) is 10.6 Å². The summed E-state index contributed by atoms with van der Waals surface area (Å²) in [6, 6.07) is 6.19. The molecule has 0 fully saturated rings. The third-order valence-electron chi connectivity index (χ3n) is 3.50. The van der Waals surface area contributed by atoms with Gasteiger partial charge in [0.25, 0.3) is 0 Å². The van der Waals surface area contributed by atoms with E-state index < -0.39 is 0 Å². The molecule has 1 aliphatic heterocycles. The first-order valence-corrected chi connectivity index (χ1v) is 7.47. The summed E-state index contributed by atoms with van der Waals surface area (Å²) in [5.41, 5.74) is 1.62. The summed E-state index contributed by atoms with van der Waals surface area (Å²) in [6.45, 7) is 6.63. The highest BCUT2D eigenvalue weighted by Crippen LogP contribution is 2.21. The number of nitrogens with zero attached hydrogens (tertiary/aromatic N) is 2. The number of oxime groups is 1. The molecule has 4 nitrogen and oxygen atoms in total. The number of carbonyl (C=O) groups excluding carboxylic acids is 1. The molecular weight excluding hydrogens is 283 g/mol. The number of carbonyl (C=O) groups is 1. The van der Waals surface area contributed by atoms with Crippen molar-refractivity contribution in [3.05, 3.63) is 35.6 Å². The SMILES string of the molecule is CN(C[C@@H]1CC(c2ccc(F)cc2)=NO1)C(=O)CC(C)(C)C. The van der Waals surface area contributed by atoms with Crippen LogP contribution in [0.25, 0.3) is 0 Å². The lowest BCUT2D eigenvalue weighted by molar-refractivity contribution is -0.133. The van der Waals surface area contributed by atoms with Crippen molar-refractivity contribution in [1.29, 1.82) is 0 Å². The molecule has 1 heterocycles. The third-order valence-corrected chi connectivity index (χ3v) is 3.50. The van der Waals surface area contributed by atoms with E-state index in [0.29, 0.717) is 19.4 Å². The second kappa shape index (κ2) is 6.46. The van der Waals surface area contributed by atoms with Gasteiger partial charge in [0.1, 0.15) is 5.82 Å². The topological polar surface area (TPSA) is 41.9 Å². The summed E-state index contributed by atoms with van der Waals surface area (Å²) in [6.07, 6.45) is 0.981. The highest BCUT2D eigenvalue weighted by molar-refractivity contribution is 6.01. The highest BCUT2D eigenvalue weighted by atomic mass is 19.1. The molecule has 0 unspecified atom stereocenters. The standard InChI is InChI=1S/C17H23FN2O2/c1-17(2,3)10-16(21)20(4)11-14-9-15(19-22-14)12-5-7-13(18)8-6-12/h5-8,14H,9-11H2,1-4H3/t14-/m0/s1. The fourth-order valence-electron chi connectivity index (χ4n) is 2.33. The lowest BCUT2D eigenvalue weighted by Gasteiger charge is -2.24. The Morgan fingerprint density at radius 3 is 2.59 bits per heavy atom. The first-order chi connectivity index (χ1) is 10.2. The van der Waals surface area contributed by atoms with Crippen LogP contribution in [0, 0.1) is 11.2 Å². The summed E-state index contributed by atoms with van der Waals surface area (Å²) in [7, 11) is 1.79. The van der Waals surface area contributed by atoms with Crippen molar-refractivity contribution >= 4 is 11.6 Å². The average molecular weight is 306 g/mol. The zero-order valence-corrected chi connectivity index (χ0v) is 13.6. The van der Waals surface area contributed by atoms with E-state index in [-0.39, 0.29) is 23.2 Å². The molecule has 1 aromatic rings. The maximum atomic E-state index is 12.9. The Labute approximate surface area is 130 Å². The molecule has 1 atom stereocenters. The van der Waals surface area contributed by atoms with Crippen LogP contribution < -0.4 is 0 Å². The molecule has 2 rings (SSSR count). The number of amides is 1. The number of rotatable bonds is 4. The van der Waals surface area contributed by atoms with Gasteiger partial charge in [0, 0.05) is 19.9 Å². The van der Waals surface area contributed by atoms with Crippen molar-refractivity contribution in [3.63, 3.8) is 0 Å². The number of hydrogen-bond donors (Lipinski definition) is 0. The Bertz CT molecular complexity index is 561. The van der Waals surface area contributed by atoms with Crippen LogP contribution in [-0.4, -0.2) is 36.2 Å². The van der Waals surface area contributed by atoms with E-state index in [9.17, 15) is 9.18 Å². The summed E-state index contributed by atoms with van der Waals surface area (Å²) >= 11 is 0. The molecule has 22 heavy (non-hydrogen) atoms. The molecule has 120 valence electrons. The van der Waals surface area contributed by atoms with Crippen molar-refractivity contribution < 1.29 is 14.0 Å². The molecule has 1 amide bonds. The maximum Gasteiger partial charge on any atom is 0.222 e. The molecule has 0 saturated carbocycles. The van der Waals surface area contributed by atoms with Crippen LogP contribution >= 0.6 is 0 Å². The van der Waals surface area contributed by atoms with Crippen molar-refractivity contribution in [2.45, 2.75) is 39.7 Å². The monoisotopic (exact) mass is 306 g/mol. The van der Waals surface area contributed by atoms with Gasteiger partial charge in [-0.15, -0.1) is 0 Å². The van der Waals surface area contributed by atoms with Gasteiger partial charge in [-0.3, -0.25) is 4.79 Å². The van der Waals surface area contributed by atoms with Crippen molar-refractivity contribution in [1.82, 2.24) is 4.90 Å². The maximum absolute atomic E-state index is 12.9. The fraction of sp³-hybridized carbons (Fsp3) is 0.529. The summed E-state index contributed by atoms with van der Waals surface area (Å²) in [5, 5.41) is 4.06. The quantitative estimate of drug-likeness (QED) is 0.857. The van der Waals surface area contributed by atoms with Crippen LogP contribution in [0.4, 0.5) is 4.39 Å². The third kappa shape index (κ3) is 4.55. The summed E-state index contributed by atoms with van der Waals surface area (Å²) in [5.74, 6) is -0.168. The van der Waals surface area contributed by atoms with E-state index in [1.165, 1.54) is 12.1 Å². The van der Waals surface area contributed by atoms with Gasteiger partial charge in [0.05, 0.1) is 12.3 Å². The number of halogens is 1. The molecule has 0 N–H and O–H groups in total. The lowest BCUT2D eigenvalue weighted by atomic mass is 9.91. The molecule has 5 heteroatoms. The Balaban J connectivity index is 1.87. The van der Waals surface area contributed by atoms with Gasteiger partial charge in [0.2, 0.25) is 5.91 Å². The zero-order valence-electron chi connectivity index (χ0n) is 13.6. The molecule has 1 aliphatic rings. The average Bonchev–Trinajstić information content (AvgIpc) is 2.86. The zero-order chi connectivity index (χ0) is 16.3. The van der Waals surface area contributed by atoms with E-state index in [4.69, 9.17) is 4.84 Å². The molecule has 1 aromatic carbocycles. The lowest BCUT2D eigenvalue weighted by Crippen LogP contribution is -2.36. The van der Waals surface area contributed by atoms with Crippen LogP contribution in [0.15, 0.2) is 29.4 Å². The van der Waals surface area contributed by atoms with Gasteiger partial charge in [-0.2, -0.15) is 0 Å². The summed E-state index contributed by atoms with van der Waals surface area (Å²) < 4.78 is 12.9. The van der Waals surface area contributed by atoms with E-state index in [1.807, 2.05) is 20.8 Å². The molecule has 0 radical (unpaired) electrons. The number of benzene rings is 1. The van der Waals surface area contributed by atoms with Crippen LogP contribution in [0.2, 0.25) is 0 Å². The highest BCUT2D eigenvalue weighted by Gasteiger charge is 2.26. The smallest absolute Gasteiger partial charge is 0.222 e. The van der Waals surface area contributed by atoms with E-state index in [1.54, 1.807) is 24.1 Å². The molecular formula is C17H23FN2O2. The Hall–Kier alpha value is -1.91. The van der Waals surface area contributed by atoms with Gasteiger partial charge in [-0.25, -0.2) is 4.39 Å². The molecule has 0 aliphatic carbocycles. The van der Waals surface area contributed by atoms with Gasteiger partial charge in [-0.1, -0.05) is 38.1 Å². The molecule has 0 saturated heterocycles. The second-order valence-corrected chi connectivity index (χ2v) is 6.99. The first-order valence-electron chi connectivity index (χ1n) is 7.47. The fourth-order valence-corrected chi connectivity index (χ4v) is 2.33. The number of likely N-dealkylation sites (N-methyl/N-ethyl adjacent to an activating group) is 1. The molecule has 0 spiro atoms. The van der Waals surface area contributed by atoms with E-state index in [0.717, 1.165) is 11.3 Å². The predicted molar refractivity (Wildman–Crippen MR) is 84.1 cm³/mol. The minimum absolute atomic E-state index is 0.0301. The van der Waals surface area contributed by atoms with Crippen LogP contribution in [-0.2, 0) is 9.63 Å². The van der Waals surface area contributed by atoms with Crippen molar-refractivity contribution in [3.8, 4) is 0 Å². The largest absolute Gasteiger partial charge is 0.390 e. The van der Waals surface area contributed by atoms with Crippen LogP contribution in [0.3, 0.4) is 0 Å². The van der Waals surface area contributed by atoms with Crippen LogP contribution in [0.1, 0.15) is 39.2 Å². The van der Waals surface area contributed by atoms with Gasteiger partial charge in [0.15, 0.2) is 6.10 Å². The molecule has 0 bridgehead atoms. The Morgan fingerprint density at radius 1 is 1.36 bits per heavy atom.